The number of carbonyl (C=O) groups is 2. The Morgan fingerprint density at radius 1 is 1.10 bits per heavy atom. The van der Waals surface area contributed by atoms with Gasteiger partial charge in [0.2, 0.25) is 0 Å². The lowest BCUT2D eigenvalue weighted by Crippen LogP contribution is -2.35. The second kappa shape index (κ2) is 9.15. The van der Waals surface area contributed by atoms with Crippen molar-refractivity contribution in [2.75, 3.05) is 32.8 Å². The van der Waals surface area contributed by atoms with Crippen LogP contribution in [0.3, 0.4) is 0 Å². The Bertz CT molecular complexity index is 1020. The molecular formula is C21H19ClN2O5S. The maximum absolute atomic E-state index is 13.3. The first-order valence-corrected chi connectivity index (χ1v) is 9.60. The van der Waals surface area contributed by atoms with E-state index in [1.165, 1.54) is 24.0 Å². The number of hydrogen-bond donors (Lipinski definition) is 0. The van der Waals surface area contributed by atoms with Gasteiger partial charge >= 0.3 is 5.97 Å². The summed E-state index contributed by atoms with van der Waals surface area (Å²) in [6.45, 7) is -0.219. The highest BCUT2D eigenvalue weighted by Gasteiger charge is 2.40. The van der Waals surface area contributed by atoms with E-state index < -0.39 is 11.9 Å². The smallest absolute Gasteiger partial charge is 0.325 e. The van der Waals surface area contributed by atoms with Gasteiger partial charge in [-0.1, -0.05) is 11.6 Å². The molecule has 1 aliphatic heterocycles. The normalized spacial score (nSPS) is 15.0. The number of hydrogen-bond acceptors (Lipinski definition) is 6. The van der Waals surface area contributed by atoms with Crippen molar-refractivity contribution >= 4 is 52.6 Å². The van der Waals surface area contributed by atoms with Crippen molar-refractivity contribution in [3.8, 4) is 11.5 Å². The van der Waals surface area contributed by atoms with E-state index in [4.69, 9.17) is 38.0 Å². The summed E-state index contributed by atoms with van der Waals surface area (Å²) in [5.41, 5.74) is 1.33. The van der Waals surface area contributed by atoms with Gasteiger partial charge in [0.05, 0.1) is 27.0 Å². The summed E-state index contributed by atoms with van der Waals surface area (Å²) >= 11 is 11.5. The summed E-state index contributed by atoms with van der Waals surface area (Å²) in [4.78, 5) is 28.1. The number of benzene rings is 2. The SMILES string of the molecule is COC(=O)CN1C(=S)N(c2ccc(Cl)cc2)C(=O)/C1=C/c1cc(OC)ccc1OC. The van der Waals surface area contributed by atoms with Crippen LogP contribution in [0.25, 0.3) is 6.08 Å². The van der Waals surface area contributed by atoms with Crippen molar-refractivity contribution in [3.05, 3.63) is 58.7 Å². The van der Waals surface area contributed by atoms with Crippen LogP contribution in [0.5, 0.6) is 11.5 Å². The zero-order chi connectivity index (χ0) is 21.8. The molecule has 1 fully saturated rings. The first-order valence-electron chi connectivity index (χ1n) is 8.81. The summed E-state index contributed by atoms with van der Waals surface area (Å²) in [6.07, 6.45) is 1.61. The maximum Gasteiger partial charge on any atom is 0.325 e. The van der Waals surface area contributed by atoms with Crippen LogP contribution < -0.4 is 14.4 Å². The molecular weight excluding hydrogens is 428 g/mol. The van der Waals surface area contributed by atoms with Crippen molar-refractivity contribution in [1.82, 2.24) is 4.90 Å². The van der Waals surface area contributed by atoms with Gasteiger partial charge in [-0.05, 0) is 60.8 Å². The third-order valence-electron chi connectivity index (χ3n) is 4.46. The molecule has 0 saturated carbocycles. The van der Waals surface area contributed by atoms with Gasteiger partial charge in [0, 0.05) is 10.6 Å². The topological polar surface area (TPSA) is 68.3 Å². The molecule has 0 aliphatic carbocycles. The van der Waals surface area contributed by atoms with Gasteiger partial charge in [-0.3, -0.25) is 14.5 Å². The average molecular weight is 447 g/mol. The molecule has 1 amide bonds. The van der Waals surface area contributed by atoms with Crippen molar-refractivity contribution in [2.45, 2.75) is 0 Å². The molecule has 0 aromatic heterocycles. The molecule has 2 aromatic rings. The number of ether oxygens (including phenoxy) is 3. The highest BCUT2D eigenvalue weighted by atomic mass is 35.5. The summed E-state index contributed by atoms with van der Waals surface area (Å²) in [6, 6.07) is 11.9. The van der Waals surface area contributed by atoms with Crippen LogP contribution >= 0.6 is 23.8 Å². The summed E-state index contributed by atoms with van der Waals surface area (Å²) in [7, 11) is 4.34. The Balaban J connectivity index is 2.11. The predicted molar refractivity (Wildman–Crippen MR) is 118 cm³/mol. The van der Waals surface area contributed by atoms with Crippen LogP contribution in [0.15, 0.2) is 48.2 Å². The molecule has 156 valence electrons. The summed E-state index contributed by atoms with van der Waals surface area (Å²) in [5.74, 6) is 0.192. The summed E-state index contributed by atoms with van der Waals surface area (Å²) < 4.78 is 15.4. The third-order valence-corrected chi connectivity index (χ3v) is 5.12. The molecule has 0 bridgehead atoms. The number of methoxy groups -OCH3 is 3. The van der Waals surface area contributed by atoms with Crippen LogP contribution in [0.1, 0.15) is 5.56 Å². The molecule has 0 N–H and O–H groups in total. The molecule has 3 rings (SSSR count). The number of amides is 1. The minimum atomic E-state index is -0.536. The molecule has 30 heavy (non-hydrogen) atoms. The number of anilines is 1. The number of rotatable bonds is 6. The van der Waals surface area contributed by atoms with E-state index in [2.05, 4.69) is 0 Å². The monoisotopic (exact) mass is 446 g/mol. The van der Waals surface area contributed by atoms with Gasteiger partial charge in [0.1, 0.15) is 23.7 Å². The standard InChI is InChI=1S/C21H19ClN2O5S/c1-27-16-8-9-18(28-2)13(10-16)11-17-20(26)24(15-6-4-14(22)5-7-15)21(30)23(17)12-19(25)29-3/h4-11H,12H2,1-3H3/b17-11-. The van der Waals surface area contributed by atoms with E-state index in [0.717, 1.165) is 0 Å². The molecule has 0 unspecified atom stereocenters. The van der Waals surface area contributed by atoms with Gasteiger partial charge < -0.3 is 19.1 Å². The van der Waals surface area contributed by atoms with Crippen LogP contribution in [-0.2, 0) is 14.3 Å². The number of nitrogens with zero attached hydrogens (tertiary/aromatic N) is 2. The fraction of sp³-hybridized carbons (Fsp3) is 0.190. The lowest BCUT2D eigenvalue weighted by Gasteiger charge is -2.19. The largest absolute Gasteiger partial charge is 0.497 e. The summed E-state index contributed by atoms with van der Waals surface area (Å²) in [5, 5.41) is 0.681. The molecule has 1 saturated heterocycles. The molecule has 7 nitrogen and oxygen atoms in total. The fourth-order valence-electron chi connectivity index (χ4n) is 2.94. The molecule has 0 spiro atoms. The lowest BCUT2D eigenvalue weighted by atomic mass is 10.1. The first kappa shape index (κ1) is 21.6. The Morgan fingerprint density at radius 3 is 2.40 bits per heavy atom. The van der Waals surface area contributed by atoms with Crippen LogP contribution in [-0.4, -0.2) is 49.8 Å². The van der Waals surface area contributed by atoms with E-state index in [1.54, 1.807) is 55.7 Å². The van der Waals surface area contributed by atoms with Crippen LogP contribution in [0, 0.1) is 0 Å². The van der Waals surface area contributed by atoms with Gasteiger partial charge in [-0.15, -0.1) is 0 Å². The molecule has 1 heterocycles. The molecule has 2 aromatic carbocycles. The fourth-order valence-corrected chi connectivity index (χ4v) is 3.42. The van der Waals surface area contributed by atoms with Crippen LogP contribution in [0.4, 0.5) is 5.69 Å². The Hall–Kier alpha value is -3.10. The highest BCUT2D eigenvalue weighted by molar-refractivity contribution is 7.80. The van der Waals surface area contributed by atoms with E-state index in [1.807, 2.05) is 0 Å². The second-order valence-corrected chi connectivity index (χ2v) is 7.00. The first-order chi connectivity index (χ1) is 14.4. The van der Waals surface area contributed by atoms with E-state index in [9.17, 15) is 9.59 Å². The van der Waals surface area contributed by atoms with Crippen molar-refractivity contribution in [3.63, 3.8) is 0 Å². The molecule has 0 radical (unpaired) electrons. The third kappa shape index (κ3) is 4.24. The molecule has 1 aliphatic rings. The lowest BCUT2D eigenvalue weighted by molar-refractivity contribution is -0.140. The van der Waals surface area contributed by atoms with Crippen molar-refractivity contribution < 1.29 is 23.8 Å². The van der Waals surface area contributed by atoms with Crippen molar-refractivity contribution in [1.29, 1.82) is 0 Å². The highest BCUT2D eigenvalue weighted by Crippen LogP contribution is 2.32. The number of thiocarbonyl (C=S) groups is 1. The number of esters is 1. The predicted octanol–water partition coefficient (Wildman–Crippen LogP) is 3.50. The van der Waals surface area contributed by atoms with Crippen molar-refractivity contribution in [2.24, 2.45) is 0 Å². The average Bonchev–Trinajstić information content (AvgIpc) is 2.98. The molecule has 9 heteroatoms. The number of halogens is 1. The zero-order valence-corrected chi connectivity index (χ0v) is 18.1. The van der Waals surface area contributed by atoms with Gasteiger partial charge in [0.25, 0.3) is 5.91 Å². The van der Waals surface area contributed by atoms with E-state index in [-0.39, 0.29) is 17.4 Å². The Kier molecular flexibility index (Phi) is 6.59. The minimum Gasteiger partial charge on any atom is -0.497 e. The van der Waals surface area contributed by atoms with Gasteiger partial charge in [0.15, 0.2) is 5.11 Å². The van der Waals surface area contributed by atoms with Gasteiger partial charge in [-0.25, -0.2) is 0 Å². The van der Waals surface area contributed by atoms with Crippen LogP contribution in [0.2, 0.25) is 5.02 Å². The second-order valence-electron chi connectivity index (χ2n) is 6.20. The maximum atomic E-state index is 13.3. The Morgan fingerprint density at radius 2 is 1.80 bits per heavy atom. The zero-order valence-electron chi connectivity index (χ0n) is 16.5. The number of carbonyl (C=O) groups excluding carboxylic acids is 2. The van der Waals surface area contributed by atoms with E-state index >= 15 is 0 Å². The van der Waals surface area contributed by atoms with Gasteiger partial charge in [-0.2, -0.15) is 0 Å². The van der Waals surface area contributed by atoms with E-state index in [0.29, 0.717) is 27.8 Å². The molecule has 0 atom stereocenters. The Labute approximate surface area is 184 Å². The minimum absolute atomic E-state index is 0.154. The quantitative estimate of drug-likeness (QED) is 0.382.